The number of imidazole rings is 1. The average molecular weight is 270 g/mol. The van der Waals surface area contributed by atoms with Gasteiger partial charge in [0.1, 0.15) is 0 Å². The minimum Gasteiger partial charge on any atom is -0.340 e. The summed E-state index contributed by atoms with van der Waals surface area (Å²) in [5, 5.41) is 0.935. The summed E-state index contributed by atoms with van der Waals surface area (Å²) in [6.07, 6.45) is 7.21. The lowest BCUT2D eigenvalue weighted by Crippen LogP contribution is -1.83. The van der Waals surface area contributed by atoms with E-state index >= 15 is 0 Å². The number of nitrogens with one attached hydrogen (secondary N) is 1. The highest BCUT2D eigenvalue weighted by Crippen LogP contribution is 2.19. The SMILES string of the molecule is Brc1cncc(CSc2ncc[nH]2)c1. The van der Waals surface area contributed by atoms with Gasteiger partial charge in [-0.2, -0.15) is 0 Å². The van der Waals surface area contributed by atoms with Gasteiger partial charge in [0, 0.05) is 35.0 Å². The summed E-state index contributed by atoms with van der Waals surface area (Å²) in [5.41, 5.74) is 1.18. The number of halogens is 1. The Morgan fingerprint density at radius 2 is 2.36 bits per heavy atom. The summed E-state index contributed by atoms with van der Waals surface area (Å²) >= 11 is 5.05. The molecule has 0 spiro atoms. The van der Waals surface area contributed by atoms with Crippen molar-refractivity contribution >= 4 is 27.7 Å². The summed E-state index contributed by atoms with van der Waals surface area (Å²) in [4.78, 5) is 11.3. The molecule has 0 aliphatic carbocycles. The smallest absolute Gasteiger partial charge is 0.165 e. The van der Waals surface area contributed by atoms with E-state index in [9.17, 15) is 0 Å². The Kier molecular flexibility index (Phi) is 3.21. The van der Waals surface area contributed by atoms with Crippen LogP contribution in [0.25, 0.3) is 0 Å². The Hall–Kier alpha value is -0.810. The van der Waals surface area contributed by atoms with Gasteiger partial charge in [-0.05, 0) is 27.6 Å². The number of pyridine rings is 1. The Balaban J connectivity index is 1.98. The Bertz CT molecular complexity index is 402. The minimum atomic E-state index is 0.875. The quantitative estimate of drug-likeness (QED) is 0.872. The highest BCUT2D eigenvalue weighted by atomic mass is 79.9. The Morgan fingerprint density at radius 1 is 1.43 bits per heavy atom. The van der Waals surface area contributed by atoms with Crippen LogP contribution in [0.4, 0.5) is 0 Å². The average Bonchev–Trinajstić information content (AvgIpc) is 2.67. The van der Waals surface area contributed by atoms with E-state index in [-0.39, 0.29) is 0 Å². The number of nitrogens with zero attached hydrogens (tertiary/aromatic N) is 2. The van der Waals surface area contributed by atoms with Crippen molar-refractivity contribution in [3.63, 3.8) is 0 Å². The first-order chi connectivity index (χ1) is 6.84. The monoisotopic (exact) mass is 269 g/mol. The summed E-state index contributed by atoms with van der Waals surface area (Å²) in [7, 11) is 0. The number of hydrogen-bond donors (Lipinski definition) is 1. The fourth-order valence-electron chi connectivity index (χ4n) is 1.02. The first kappa shape index (κ1) is 9.73. The predicted octanol–water partition coefficient (Wildman–Crippen LogP) is 2.86. The normalized spacial score (nSPS) is 10.4. The number of thioether (sulfide) groups is 1. The van der Waals surface area contributed by atoms with Crippen molar-refractivity contribution in [2.75, 3.05) is 0 Å². The summed E-state index contributed by atoms with van der Waals surface area (Å²) < 4.78 is 1.01. The van der Waals surface area contributed by atoms with E-state index in [1.165, 1.54) is 5.56 Å². The molecule has 0 unspecified atom stereocenters. The lowest BCUT2D eigenvalue weighted by atomic mass is 10.3. The Labute approximate surface area is 94.5 Å². The van der Waals surface area contributed by atoms with Crippen LogP contribution in [0.3, 0.4) is 0 Å². The van der Waals surface area contributed by atoms with Crippen molar-refractivity contribution in [3.8, 4) is 0 Å². The van der Waals surface area contributed by atoms with E-state index in [0.717, 1.165) is 15.4 Å². The van der Waals surface area contributed by atoms with Crippen LogP contribution >= 0.6 is 27.7 Å². The summed E-state index contributed by atoms with van der Waals surface area (Å²) in [5.74, 6) is 0.875. The molecule has 0 aliphatic heterocycles. The van der Waals surface area contributed by atoms with Crippen molar-refractivity contribution in [3.05, 3.63) is 40.9 Å². The number of hydrogen-bond acceptors (Lipinski definition) is 3. The molecule has 14 heavy (non-hydrogen) atoms. The maximum Gasteiger partial charge on any atom is 0.165 e. The third-order valence-corrected chi connectivity index (χ3v) is 3.02. The number of aromatic nitrogens is 3. The summed E-state index contributed by atoms with van der Waals surface area (Å²) in [6.45, 7) is 0. The minimum absolute atomic E-state index is 0.875. The van der Waals surface area contributed by atoms with Crippen LogP contribution in [-0.4, -0.2) is 15.0 Å². The van der Waals surface area contributed by atoms with Gasteiger partial charge in [0.25, 0.3) is 0 Å². The lowest BCUT2D eigenvalue weighted by molar-refractivity contribution is 1.06. The third-order valence-electron chi connectivity index (χ3n) is 1.61. The van der Waals surface area contributed by atoms with Gasteiger partial charge >= 0.3 is 0 Å². The van der Waals surface area contributed by atoms with Crippen LogP contribution in [0, 0.1) is 0 Å². The molecular weight excluding hydrogens is 262 g/mol. The van der Waals surface area contributed by atoms with E-state index in [0.29, 0.717) is 0 Å². The fraction of sp³-hybridized carbons (Fsp3) is 0.111. The highest BCUT2D eigenvalue weighted by Gasteiger charge is 1.98. The second kappa shape index (κ2) is 4.61. The van der Waals surface area contributed by atoms with E-state index in [1.54, 1.807) is 24.2 Å². The zero-order chi connectivity index (χ0) is 9.80. The van der Waals surface area contributed by atoms with Crippen LogP contribution in [0.15, 0.2) is 40.5 Å². The summed E-state index contributed by atoms with van der Waals surface area (Å²) in [6, 6.07) is 2.06. The lowest BCUT2D eigenvalue weighted by Gasteiger charge is -1.98. The third kappa shape index (κ3) is 2.59. The van der Waals surface area contributed by atoms with Gasteiger partial charge in [0.05, 0.1) is 0 Å². The first-order valence-corrected chi connectivity index (χ1v) is 5.84. The molecule has 0 bridgehead atoms. The van der Waals surface area contributed by atoms with E-state index < -0.39 is 0 Å². The van der Waals surface area contributed by atoms with Crippen molar-refractivity contribution in [1.82, 2.24) is 15.0 Å². The van der Waals surface area contributed by atoms with E-state index in [1.807, 2.05) is 12.4 Å². The van der Waals surface area contributed by atoms with Gasteiger partial charge in [-0.1, -0.05) is 11.8 Å². The second-order valence-electron chi connectivity index (χ2n) is 2.69. The molecule has 0 saturated heterocycles. The molecule has 0 amide bonds. The van der Waals surface area contributed by atoms with Gasteiger partial charge in [0.15, 0.2) is 5.16 Å². The molecule has 2 rings (SSSR count). The molecule has 2 aromatic rings. The van der Waals surface area contributed by atoms with Gasteiger partial charge < -0.3 is 4.98 Å². The largest absolute Gasteiger partial charge is 0.340 e. The van der Waals surface area contributed by atoms with Crippen molar-refractivity contribution in [2.45, 2.75) is 10.9 Å². The van der Waals surface area contributed by atoms with Crippen LogP contribution in [0.2, 0.25) is 0 Å². The second-order valence-corrected chi connectivity index (χ2v) is 4.57. The van der Waals surface area contributed by atoms with Crippen LogP contribution in [-0.2, 0) is 5.75 Å². The van der Waals surface area contributed by atoms with Crippen molar-refractivity contribution < 1.29 is 0 Å². The predicted molar refractivity (Wildman–Crippen MR) is 60.1 cm³/mol. The van der Waals surface area contributed by atoms with E-state index in [4.69, 9.17) is 0 Å². The molecule has 0 aromatic carbocycles. The van der Waals surface area contributed by atoms with Crippen molar-refractivity contribution in [2.24, 2.45) is 0 Å². The topological polar surface area (TPSA) is 41.6 Å². The molecule has 5 heteroatoms. The molecule has 0 radical (unpaired) electrons. The fourth-order valence-corrected chi connectivity index (χ4v) is 2.18. The molecule has 0 atom stereocenters. The van der Waals surface area contributed by atoms with Gasteiger partial charge in [-0.3, -0.25) is 4.98 Å². The molecule has 1 N–H and O–H groups in total. The van der Waals surface area contributed by atoms with Crippen LogP contribution in [0.5, 0.6) is 0 Å². The maximum atomic E-state index is 4.13. The first-order valence-electron chi connectivity index (χ1n) is 4.06. The van der Waals surface area contributed by atoms with Gasteiger partial charge in [-0.15, -0.1) is 0 Å². The molecule has 0 fully saturated rings. The molecule has 0 saturated carbocycles. The molecule has 0 aliphatic rings. The van der Waals surface area contributed by atoms with Crippen LogP contribution < -0.4 is 0 Å². The Morgan fingerprint density at radius 3 is 3.07 bits per heavy atom. The zero-order valence-electron chi connectivity index (χ0n) is 7.27. The number of aromatic amines is 1. The zero-order valence-corrected chi connectivity index (χ0v) is 9.68. The number of H-pyrrole nitrogens is 1. The van der Waals surface area contributed by atoms with Crippen LogP contribution in [0.1, 0.15) is 5.56 Å². The molecule has 2 heterocycles. The van der Waals surface area contributed by atoms with E-state index in [2.05, 4.69) is 36.9 Å². The highest BCUT2D eigenvalue weighted by molar-refractivity contribution is 9.10. The molecule has 2 aromatic heterocycles. The van der Waals surface area contributed by atoms with Gasteiger partial charge in [0.2, 0.25) is 0 Å². The van der Waals surface area contributed by atoms with Gasteiger partial charge in [-0.25, -0.2) is 4.98 Å². The maximum absolute atomic E-state index is 4.13. The molecule has 3 nitrogen and oxygen atoms in total. The standard InChI is InChI=1S/C9H8BrN3S/c10-8-3-7(4-11-5-8)6-14-9-12-1-2-13-9/h1-5H,6H2,(H,12,13). The molecular formula is C9H8BrN3S. The molecule has 72 valence electrons. The van der Waals surface area contributed by atoms with Crippen molar-refractivity contribution in [1.29, 1.82) is 0 Å². The number of rotatable bonds is 3.